The molecule has 2 aromatic heterocycles. The molecule has 1 aromatic carbocycles. The lowest BCUT2D eigenvalue weighted by Gasteiger charge is -2.04. The largest absolute Gasteiger partial charge is 0.350 e. The van der Waals surface area contributed by atoms with Gasteiger partial charge in [0.1, 0.15) is 5.65 Å². The van der Waals surface area contributed by atoms with Crippen LogP contribution in [0.4, 0.5) is 0 Å². The van der Waals surface area contributed by atoms with E-state index in [0.29, 0.717) is 29.4 Å². The predicted molar refractivity (Wildman–Crippen MR) is 91.8 cm³/mol. The predicted octanol–water partition coefficient (Wildman–Crippen LogP) is 3.89. The standard InChI is InChI=1S/C17H15Cl2N3O/c18-13-3-1-2-12(8-13)4-7-17(23)20-9-15-11-22-10-14(19)5-6-16(22)21-15/h1-3,5-6,8,10-11H,4,7,9H2,(H,20,23). The molecule has 0 saturated heterocycles. The van der Waals surface area contributed by atoms with Gasteiger partial charge in [-0.3, -0.25) is 4.79 Å². The van der Waals surface area contributed by atoms with Crippen LogP contribution in [0.2, 0.25) is 10.0 Å². The molecule has 23 heavy (non-hydrogen) atoms. The van der Waals surface area contributed by atoms with E-state index in [1.165, 1.54) is 0 Å². The number of rotatable bonds is 5. The first-order valence-electron chi connectivity index (χ1n) is 7.24. The molecule has 0 unspecified atom stereocenters. The van der Waals surface area contributed by atoms with Crippen LogP contribution >= 0.6 is 23.2 Å². The molecule has 6 heteroatoms. The van der Waals surface area contributed by atoms with Crippen LogP contribution in [0.1, 0.15) is 17.7 Å². The zero-order valence-corrected chi connectivity index (χ0v) is 13.8. The molecular weight excluding hydrogens is 333 g/mol. The Morgan fingerprint density at radius 3 is 2.83 bits per heavy atom. The highest BCUT2D eigenvalue weighted by molar-refractivity contribution is 6.30. The second kappa shape index (κ2) is 7.02. The minimum Gasteiger partial charge on any atom is -0.350 e. The van der Waals surface area contributed by atoms with E-state index in [4.69, 9.17) is 23.2 Å². The van der Waals surface area contributed by atoms with E-state index in [1.807, 2.05) is 40.9 Å². The van der Waals surface area contributed by atoms with Crippen LogP contribution in [-0.4, -0.2) is 15.3 Å². The van der Waals surface area contributed by atoms with Crippen LogP contribution in [0.3, 0.4) is 0 Å². The van der Waals surface area contributed by atoms with Crippen LogP contribution in [-0.2, 0) is 17.8 Å². The van der Waals surface area contributed by atoms with Gasteiger partial charge >= 0.3 is 0 Å². The van der Waals surface area contributed by atoms with Crippen molar-refractivity contribution in [3.8, 4) is 0 Å². The van der Waals surface area contributed by atoms with Crippen molar-refractivity contribution in [2.45, 2.75) is 19.4 Å². The minimum absolute atomic E-state index is 0.0138. The zero-order valence-electron chi connectivity index (χ0n) is 12.3. The molecule has 0 fully saturated rings. The number of aryl methyl sites for hydroxylation is 1. The normalized spacial score (nSPS) is 10.9. The highest BCUT2D eigenvalue weighted by Crippen LogP contribution is 2.13. The van der Waals surface area contributed by atoms with Gasteiger partial charge in [0.25, 0.3) is 0 Å². The summed E-state index contributed by atoms with van der Waals surface area (Å²) in [7, 11) is 0. The zero-order chi connectivity index (χ0) is 16.2. The van der Waals surface area contributed by atoms with Crippen molar-refractivity contribution in [1.29, 1.82) is 0 Å². The van der Waals surface area contributed by atoms with Crippen molar-refractivity contribution in [1.82, 2.24) is 14.7 Å². The van der Waals surface area contributed by atoms with Crippen LogP contribution in [0, 0.1) is 0 Å². The summed E-state index contributed by atoms with van der Waals surface area (Å²) in [6.07, 6.45) is 4.72. The van der Waals surface area contributed by atoms with Crippen molar-refractivity contribution in [3.63, 3.8) is 0 Å². The maximum atomic E-state index is 11.9. The van der Waals surface area contributed by atoms with Gasteiger partial charge in [-0.15, -0.1) is 0 Å². The monoisotopic (exact) mass is 347 g/mol. The summed E-state index contributed by atoms with van der Waals surface area (Å²) >= 11 is 11.9. The Morgan fingerprint density at radius 1 is 1.13 bits per heavy atom. The molecular formula is C17H15Cl2N3O. The first-order valence-corrected chi connectivity index (χ1v) is 8.00. The van der Waals surface area contributed by atoms with Crippen LogP contribution in [0.15, 0.2) is 48.8 Å². The first kappa shape index (κ1) is 15.8. The maximum Gasteiger partial charge on any atom is 0.220 e. The number of hydrogen-bond donors (Lipinski definition) is 1. The molecule has 1 amide bonds. The van der Waals surface area contributed by atoms with Crippen LogP contribution in [0.25, 0.3) is 5.65 Å². The number of aromatic nitrogens is 2. The lowest BCUT2D eigenvalue weighted by Crippen LogP contribution is -2.23. The Morgan fingerprint density at radius 2 is 2.00 bits per heavy atom. The number of amides is 1. The van der Waals surface area contributed by atoms with E-state index < -0.39 is 0 Å². The van der Waals surface area contributed by atoms with Crippen molar-refractivity contribution in [3.05, 3.63) is 70.1 Å². The van der Waals surface area contributed by atoms with Gasteiger partial charge in [0.15, 0.2) is 0 Å². The fourth-order valence-electron chi connectivity index (χ4n) is 2.33. The second-order valence-electron chi connectivity index (χ2n) is 5.25. The molecule has 0 bridgehead atoms. The molecule has 0 aliphatic carbocycles. The van der Waals surface area contributed by atoms with Crippen molar-refractivity contribution in [2.75, 3.05) is 0 Å². The summed E-state index contributed by atoms with van der Waals surface area (Å²) in [6.45, 7) is 0.397. The Balaban J connectivity index is 1.53. The summed E-state index contributed by atoms with van der Waals surface area (Å²) in [4.78, 5) is 16.4. The maximum absolute atomic E-state index is 11.9. The molecule has 2 heterocycles. The average Bonchev–Trinajstić information content (AvgIpc) is 2.93. The Hall–Kier alpha value is -2.04. The number of pyridine rings is 1. The van der Waals surface area contributed by atoms with Crippen molar-refractivity contribution < 1.29 is 4.79 Å². The van der Waals surface area contributed by atoms with Crippen molar-refractivity contribution >= 4 is 34.8 Å². The molecule has 1 N–H and O–H groups in total. The number of hydrogen-bond acceptors (Lipinski definition) is 2. The Bertz CT molecular complexity index is 845. The van der Waals surface area contributed by atoms with Gasteiger partial charge in [0.05, 0.1) is 17.3 Å². The molecule has 0 atom stereocenters. The molecule has 3 rings (SSSR count). The second-order valence-corrected chi connectivity index (χ2v) is 6.12. The third-order valence-electron chi connectivity index (χ3n) is 3.46. The molecule has 0 saturated carbocycles. The van der Waals surface area contributed by atoms with Crippen LogP contribution < -0.4 is 5.32 Å². The fraction of sp³-hybridized carbons (Fsp3) is 0.176. The molecule has 118 valence electrons. The summed E-state index contributed by atoms with van der Waals surface area (Å²) < 4.78 is 1.84. The highest BCUT2D eigenvalue weighted by atomic mass is 35.5. The van der Waals surface area contributed by atoms with Gasteiger partial charge in [0.2, 0.25) is 5.91 Å². The molecule has 0 aliphatic rings. The molecule has 3 aromatic rings. The van der Waals surface area contributed by atoms with E-state index >= 15 is 0 Å². The highest BCUT2D eigenvalue weighted by Gasteiger charge is 2.06. The van der Waals surface area contributed by atoms with E-state index in [2.05, 4.69) is 10.3 Å². The summed E-state index contributed by atoms with van der Waals surface area (Å²) in [6, 6.07) is 11.2. The lowest BCUT2D eigenvalue weighted by atomic mass is 10.1. The van der Waals surface area contributed by atoms with Gasteiger partial charge in [-0.05, 0) is 36.2 Å². The quantitative estimate of drug-likeness (QED) is 0.760. The van der Waals surface area contributed by atoms with E-state index in [9.17, 15) is 4.79 Å². The number of carbonyl (C=O) groups is 1. The third kappa shape index (κ3) is 4.24. The molecule has 0 spiro atoms. The first-order chi connectivity index (χ1) is 11.1. The van der Waals surface area contributed by atoms with Gasteiger partial charge in [-0.2, -0.15) is 0 Å². The Kier molecular flexibility index (Phi) is 4.84. The summed E-state index contributed by atoms with van der Waals surface area (Å²) in [5.41, 5.74) is 2.65. The number of nitrogens with zero attached hydrogens (tertiary/aromatic N) is 2. The molecule has 4 nitrogen and oxygen atoms in total. The third-order valence-corrected chi connectivity index (χ3v) is 3.92. The van der Waals surface area contributed by atoms with Crippen molar-refractivity contribution in [2.24, 2.45) is 0 Å². The molecule has 0 radical (unpaired) electrons. The summed E-state index contributed by atoms with van der Waals surface area (Å²) in [5.74, 6) is -0.0138. The van der Waals surface area contributed by atoms with E-state index in [1.54, 1.807) is 12.3 Å². The Labute approximate surface area is 144 Å². The smallest absolute Gasteiger partial charge is 0.220 e. The number of carbonyl (C=O) groups excluding carboxylic acids is 1. The number of fused-ring (bicyclic) bond motifs is 1. The van der Waals surface area contributed by atoms with Gasteiger partial charge in [-0.25, -0.2) is 4.98 Å². The van der Waals surface area contributed by atoms with E-state index in [-0.39, 0.29) is 5.91 Å². The number of benzene rings is 1. The van der Waals surface area contributed by atoms with Crippen LogP contribution in [0.5, 0.6) is 0 Å². The van der Waals surface area contributed by atoms with E-state index in [0.717, 1.165) is 16.9 Å². The number of imidazole rings is 1. The number of halogens is 2. The van der Waals surface area contributed by atoms with Gasteiger partial charge in [-0.1, -0.05) is 35.3 Å². The van der Waals surface area contributed by atoms with Gasteiger partial charge in [0, 0.05) is 23.8 Å². The minimum atomic E-state index is -0.0138. The number of nitrogens with one attached hydrogen (secondary N) is 1. The summed E-state index contributed by atoms with van der Waals surface area (Å²) in [5, 5.41) is 4.21. The lowest BCUT2D eigenvalue weighted by molar-refractivity contribution is -0.121. The fourth-order valence-corrected chi connectivity index (χ4v) is 2.71. The SMILES string of the molecule is O=C(CCc1cccc(Cl)c1)NCc1cn2cc(Cl)ccc2n1. The molecule has 0 aliphatic heterocycles. The topological polar surface area (TPSA) is 46.4 Å². The average molecular weight is 348 g/mol. The van der Waals surface area contributed by atoms with Gasteiger partial charge < -0.3 is 9.72 Å².